The molecular formula is C18H40N2O4. The Morgan fingerprint density at radius 2 is 0.708 bits per heavy atom. The topological polar surface area (TPSA) is 61.0 Å². The first-order chi connectivity index (χ1) is 11.2. The van der Waals surface area contributed by atoms with Gasteiger partial charge in [0.25, 0.3) is 0 Å². The van der Waals surface area contributed by atoms with Crippen molar-refractivity contribution in [2.75, 3.05) is 65.9 Å². The molecule has 0 aromatic carbocycles. The summed E-state index contributed by atoms with van der Waals surface area (Å²) in [7, 11) is 0. The van der Waals surface area contributed by atoms with Crippen molar-refractivity contribution in [3.05, 3.63) is 0 Å². The fraction of sp³-hybridized carbons (Fsp3) is 1.00. The molecule has 0 heterocycles. The number of ether oxygens (including phenoxy) is 4. The van der Waals surface area contributed by atoms with Gasteiger partial charge in [-0.05, 0) is 41.5 Å². The maximum absolute atomic E-state index is 5.48. The van der Waals surface area contributed by atoms with Crippen molar-refractivity contribution in [2.45, 2.75) is 52.6 Å². The lowest BCUT2D eigenvalue weighted by molar-refractivity contribution is -0.00168. The Kier molecular flexibility index (Phi) is 13.8. The third-order valence-corrected chi connectivity index (χ3v) is 2.92. The van der Waals surface area contributed by atoms with Gasteiger partial charge in [-0.1, -0.05) is 0 Å². The van der Waals surface area contributed by atoms with Crippen LogP contribution in [0.4, 0.5) is 0 Å². The Bertz CT molecular complexity index is 247. The summed E-state index contributed by atoms with van der Waals surface area (Å²) in [4.78, 5) is 0. The zero-order chi connectivity index (χ0) is 18.3. The van der Waals surface area contributed by atoms with E-state index in [1.54, 1.807) is 0 Å². The van der Waals surface area contributed by atoms with E-state index in [-0.39, 0.29) is 11.1 Å². The van der Waals surface area contributed by atoms with Crippen LogP contribution in [0, 0.1) is 0 Å². The largest absolute Gasteiger partial charge is 0.378 e. The lowest BCUT2D eigenvalue weighted by Gasteiger charge is -2.20. The maximum atomic E-state index is 5.48. The van der Waals surface area contributed by atoms with Gasteiger partial charge in [0.2, 0.25) is 0 Å². The van der Waals surface area contributed by atoms with E-state index in [0.717, 1.165) is 13.1 Å². The molecule has 146 valence electrons. The second-order valence-corrected chi connectivity index (χ2v) is 7.80. The quantitative estimate of drug-likeness (QED) is 0.440. The van der Waals surface area contributed by atoms with Gasteiger partial charge in [-0.25, -0.2) is 0 Å². The molecular weight excluding hydrogens is 308 g/mol. The Balaban J connectivity index is 3.08. The van der Waals surface area contributed by atoms with Gasteiger partial charge < -0.3 is 29.6 Å². The highest BCUT2D eigenvalue weighted by molar-refractivity contribution is 4.69. The minimum Gasteiger partial charge on any atom is -0.378 e. The third kappa shape index (κ3) is 21.8. The second-order valence-electron chi connectivity index (χ2n) is 7.80. The number of rotatable bonds is 15. The summed E-state index contributed by atoms with van der Waals surface area (Å²) < 4.78 is 21.8. The molecule has 0 aromatic rings. The van der Waals surface area contributed by atoms with Crippen LogP contribution in [0.2, 0.25) is 0 Å². The minimum atomic E-state index is 0.143. The first kappa shape index (κ1) is 23.8. The molecule has 0 aliphatic carbocycles. The summed E-state index contributed by atoms with van der Waals surface area (Å²) >= 11 is 0. The van der Waals surface area contributed by atoms with Crippen LogP contribution in [-0.2, 0) is 18.9 Å². The zero-order valence-corrected chi connectivity index (χ0v) is 16.7. The molecule has 0 aliphatic heterocycles. The highest BCUT2D eigenvalue weighted by atomic mass is 16.6. The SMILES string of the molecule is CC(C)(C)NCCOCCOCCOCCOCCNC(C)(C)C. The van der Waals surface area contributed by atoms with Gasteiger partial charge in [0, 0.05) is 24.2 Å². The van der Waals surface area contributed by atoms with Crippen LogP contribution in [0.3, 0.4) is 0 Å². The summed E-state index contributed by atoms with van der Waals surface area (Å²) in [6, 6.07) is 0. The highest BCUT2D eigenvalue weighted by Gasteiger charge is 2.07. The zero-order valence-electron chi connectivity index (χ0n) is 16.7. The Morgan fingerprint density at radius 1 is 0.458 bits per heavy atom. The van der Waals surface area contributed by atoms with E-state index >= 15 is 0 Å². The van der Waals surface area contributed by atoms with Crippen molar-refractivity contribution in [3.8, 4) is 0 Å². The summed E-state index contributed by atoms with van der Waals surface area (Å²) in [5.41, 5.74) is 0.286. The maximum Gasteiger partial charge on any atom is 0.0701 e. The molecule has 0 aliphatic rings. The van der Waals surface area contributed by atoms with Crippen LogP contribution in [0.25, 0.3) is 0 Å². The summed E-state index contributed by atoms with van der Waals surface area (Å²) in [5, 5.41) is 6.74. The average molecular weight is 349 g/mol. The van der Waals surface area contributed by atoms with E-state index in [1.807, 2.05) is 0 Å². The molecule has 0 fully saturated rings. The second kappa shape index (κ2) is 14.0. The lowest BCUT2D eigenvalue weighted by atomic mass is 10.1. The number of hydrogen-bond acceptors (Lipinski definition) is 6. The van der Waals surface area contributed by atoms with Crippen LogP contribution >= 0.6 is 0 Å². The van der Waals surface area contributed by atoms with Crippen molar-refractivity contribution in [3.63, 3.8) is 0 Å². The van der Waals surface area contributed by atoms with Crippen LogP contribution in [0.15, 0.2) is 0 Å². The van der Waals surface area contributed by atoms with Crippen molar-refractivity contribution < 1.29 is 18.9 Å². The first-order valence-corrected chi connectivity index (χ1v) is 9.02. The molecule has 0 saturated carbocycles. The van der Waals surface area contributed by atoms with Gasteiger partial charge in [-0.2, -0.15) is 0 Å². The molecule has 0 unspecified atom stereocenters. The number of nitrogens with one attached hydrogen (secondary N) is 2. The van der Waals surface area contributed by atoms with E-state index in [2.05, 4.69) is 52.2 Å². The van der Waals surface area contributed by atoms with E-state index in [4.69, 9.17) is 18.9 Å². The standard InChI is InChI=1S/C18H40N2O4/c1-17(2,3)19-7-9-21-11-13-23-15-16-24-14-12-22-10-8-20-18(4,5)6/h19-20H,7-16H2,1-6H3. The van der Waals surface area contributed by atoms with Crippen molar-refractivity contribution >= 4 is 0 Å². The normalized spacial score (nSPS) is 12.8. The third-order valence-electron chi connectivity index (χ3n) is 2.92. The monoisotopic (exact) mass is 348 g/mol. The van der Waals surface area contributed by atoms with Gasteiger partial charge in [0.1, 0.15) is 0 Å². The predicted octanol–water partition coefficient (Wildman–Crippen LogP) is 1.83. The Hall–Kier alpha value is -0.240. The van der Waals surface area contributed by atoms with Crippen molar-refractivity contribution in [2.24, 2.45) is 0 Å². The molecule has 0 rings (SSSR count). The fourth-order valence-corrected chi connectivity index (χ4v) is 1.76. The van der Waals surface area contributed by atoms with Gasteiger partial charge in [-0.3, -0.25) is 0 Å². The molecule has 0 spiro atoms. The van der Waals surface area contributed by atoms with E-state index < -0.39 is 0 Å². The highest BCUT2D eigenvalue weighted by Crippen LogP contribution is 1.97. The van der Waals surface area contributed by atoms with Crippen LogP contribution in [0.5, 0.6) is 0 Å². The Labute approximate surface area is 148 Å². The minimum absolute atomic E-state index is 0.143. The Morgan fingerprint density at radius 3 is 0.958 bits per heavy atom. The molecule has 6 nitrogen and oxygen atoms in total. The van der Waals surface area contributed by atoms with E-state index in [1.165, 1.54) is 0 Å². The summed E-state index contributed by atoms with van der Waals surface area (Å²) in [6.45, 7) is 19.6. The fourth-order valence-electron chi connectivity index (χ4n) is 1.76. The molecule has 2 N–H and O–H groups in total. The molecule has 0 amide bonds. The molecule has 24 heavy (non-hydrogen) atoms. The smallest absolute Gasteiger partial charge is 0.0701 e. The molecule has 0 saturated heterocycles. The van der Waals surface area contributed by atoms with Gasteiger partial charge in [0.15, 0.2) is 0 Å². The number of hydrogen-bond donors (Lipinski definition) is 2. The van der Waals surface area contributed by atoms with Gasteiger partial charge >= 0.3 is 0 Å². The van der Waals surface area contributed by atoms with Gasteiger partial charge in [0.05, 0.1) is 52.9 Å². The van der Waals surface area contributed by atoms with Gasteiger partial charge in [-0.15, -0.1) is 0 Å². The predicted molar refractivity (Wildman–Crippen MR) is 98.8 cm³/mol. The van der Waals surface area contributed by atoms with Crippen LogP contribution in [0.1, 0.15) is 41.5 Å². The van der Waals surface area contributed by atoms with E-state index in [9.17, 15) is 0 Å². The molecule has 0 atom stereocenters. The molecule has 0 radical (unpaired) electrons. The summed E-state index contributed by atoms with van der Waals surface area (Å²) in [5.74, 6) is 0. The lowest BCUT2D eigenvalue weighted by Crippen LogP contribution is -2.38. The summed E-state index contributed by atoms with van der Waals surface area (Å²) in [6.07, 6.45) is 0. The van der Waals surface area contributed by atoms with Crippen LogP contribution in [-0.4, -0.2) is 77.0 Å². The van der Waals surface area contributed by atoms with Crippen molar-refractivity contribution in [1.82, 2.24) is 10.6 Å². The van der Waals surface area contributed by atoms with Crippen molar-refractivity contribution in [1.29, 1.82) is 0 Å². The molecule has 0 aromatic heterocycles. The van der Waals surface area contributed by atoms with Crippen LogP contribution < -0.4 is 10.6 Å². The molecule has 0 bridgehead atoms. The first-order valence-electron chi connectivity index (χ1n) is 9.02. The van der Waals surface area contributed by atoms with E-state index in [0.29, 0.717) is 52.9 Å². The average Bonchev–Trinajstić information content (AvgIpc) is 2.44. The molecule has 6 heteroatoms.